The van der Waals surface area contributed by atoms with E-state index in [4.69, 9.17) is 0 Å². The van der Waals surface area contributed by atoms with Crippen LogP contribution < -0.4 is 5.32 Å². The van der Waals surface area contributed by atoms with Crippen LogP contribution in [-0.4, -0.2) is 15.4 Å². The van der Waals surface area contributed by atoms with Gasteiger partial charge in [-0.1, -0.05) is 71.1 Å². The third-order valence-corrected chi connectivity index (χ3v) is 5.37. The first-order valence-electron chi connectivity index (χ1n) is 7.50. The molecule has 1 heterocycles. The van der Waals surface area contributed by atoms with Crippen molar-refractivity contribution in [3.05, 3.63) is 65.7 Å². The molecule has 0 aliphatic carbocycles. The zero-order chi connectivity index (χ0) is 16.8. The quantitative estimate of drug-likeness (QED) is 0.645. The van der Waals surface area contributed by atoms with Gasteiger partial charge in [-0.25, -0.2) is 0 Å². The maximum absolute atomic E-state index is 9.42. The highest BCUT2D eigenvalue weighted by Gasteiger charge is 2.14. The highest BCUT2D eigenvalue weighted by molar-refractivity contribution is 8.01. The second kappa shape index (κ2) is 7.95. The van der Waals surface area contributed by atoms with Gasteiger partial charge in [0.1, 0.15) is 5.25 Å². The number of nitrogens with zero attached hydrogens (tertiary/aromatic N) is 3. The van der Waals surface area contributed by atoms with E-state index in [1.165, 1.54) is 28.7 Å². The monoisotopic (exact) mass is 352 g/mol. The van der Waals surface area contributed by atoms with E-state index in [-0.39, 0.29) is 5.25 Å². The van der Waals surface area contributed by atoms with Crippen molar-refractivity contribution in [1.82, 2.24) is 10.2 Å². The fourth-order valence-electron chi connectivity index (χ4n) is 2.13. The van der Waals surface area contributed by atoms with E-state index in [0.29, 0.717) is 6.42 Å². The molecule has 2 aromatic carbocycles. The van der Waals surface area contributed by atoms with Crippen LogP contribution in [0.4, 0.5) is 10.8 Å². The van der Waals surface area contributed by atoms with Gasteiger partial charge in [0.2, 0.25) is 5.13 Å². The van der Waals surface area contributed by atoms with Crippen molar-refractivity contribution in [1.29, 1.82) is 5.26 Å². The summed E-state index contributed by atoms with van der Waals surface area (Å²) in [4.78, 5) is 0. The summed E-state index contributed by atoms with van der Waals surface area (Å²) in [5.41, 5.74) is 3.36. The molecule has 4 nitrogen and oxygen atoms in total. The Morgan fingerprint density at radius 2 is 1.88 bits per heavy atom. The molecule has 24 heavy (non-hydrogen) atoms. The lowest BCUT2D eigenvalue weighted by Crippen LogP contribution is -2.03. The molecule has 0 unspecified atom stereocenters. The van der Waals surface area contributed by atoms with Gasteiger partial charge < -0.3 is 5.32 Å². The van der Waals surface area contributed by atoms with Crippen molar-refractivity contribution in [3.63, 3.8) is 0 Å². The molecule has 120 valence electrons. The summed E-state index contributed by atoms with van der Waals surface area (Å²) in [5, 5.41) is 21.5. The van der Waals surface area contributed by atoms with Gasteiger partial charge in [-0.15, -0.1) is 10.2 Å². The Morgan fingerprint density at radius 1 is 1.12 bits per heavy atom. The van der Waals surface area contributed by atoms with Gasteiger partial charge in [-0.05, 0) is 31.0 Å². The summed E-state index contributed by atoms with van der Waals surface area (Å²) in [6, 6.07) is 20.5. The average molecular weight is 352 g/mol. The van der Waals surface area contributed by atoms with E-state index in [1.807, 2.05) is 30.3 Å². The summed E-state index contributed by atoms with van der Waals surface area (Å²) >= 11 is 2.93. The smallest absolute Gasteiger partial charge is 0.210 e. The van der Waals surface area contributed by atoms with E-state index in [0.717, 1.165) is 20.7 Å². The van der Waals surface area contributed by atoms with Crippen LogP contribution in [0.25, 0.3) is 0 Å². The number of aromatic nitrogens is 2. The maximum Gasteiger partial charge on any atom is 0.210 e. The summed E-state index contributed by atoms with van der Waals surface area (Å²) in [6.45, 7) is 2.06. The SMILES string of the molecule is Cc1ccc(C[C@@H](C#N)Sc2nnc(Nc3ccccc3)s2)cc1. The average Bonchev–Trinajstić information content (AvgIpc) is 3.04. The van der Waals surface area contributed by atoms with Gasteiger partial charge in [0.15, 0.2) is 4.34 Å². The Morgan fingerprint density at radius 3 is 2.58 bits per heavy atom. The van der Waals surface area contributed by atoms with Crippen LogP contribution in [0.5, 0.6) is 0 Å². The topological polar surface area (TPSA) is 61.6 Å². The highest BCUT2D eigenvalue weighted by atomic mass is 32.2. The van der Waals surface area contributed by atoms with E-state index < -0.39 is 0 Å². The normalized spacial score (nSPS) is 11.7. The second-order valence-corrected chi connectivity index (χ2v) is 7.72. The molecule has 3 aromatic rings. The first-order chi connectivity index (χ1) is 11.7. The van der Waals surface area contributed by atoms with Crippen molar-refractivity contribution in [3.8, 4) is 6.07 Å². The maximum atomic E-state index is 9.42. The molecule has 0 aliphatic rings. The predicted molar refractivity (Wildman–Crippen MR) is 99.8 cm³/mol. The van der Waals surface area contributed by atoms with Gasteiger partial charge in [0, 0.05) is 5.69 Å². The molecule has 0 bridgehead atoms. The van der Waals surface area contributed by atoms with Gasteiger partial charge >= 0.3 is 0 Å². The molecule has 0 fully saturated rings. The number of rotatable bonds is 6. The molecular formula is C18H16N4S2. The van der Waals surface area contributed by atoms with Crippen LogP contribution >= 0.6 is 23.1 Å². The van der Waals surface area contributed by atoms with Crippen LogP contribution in [0.3, 0.4) is 0 Å². The third kappa shape index (κ3) is 4.57. The molecule has 0 saturated heterocycles. The number of anilines is 2. The standard InChI is InChI=1S/C18H16N4S2/c1-13-7-9-14(10-8-13)11-16(12-19)23-18-22-21-17(24-18)20-15-5-3-2-4-6-15/h2-10,16H,11H2,1H3,(H,20,21)/t16-/m0/s1. The van der Waals surface area contributed by atoms with Crippen LogP contribution in [0, 0.1) is 18.3 Å². The van der Waals surface area contributed by atoms with Crippen molar-refractivity contribution < 1.29 is 0 Å². The molecule has 0 aliphatic heterocycles. The highest BCUT2D eigenvalue weighted by Crippen LogP contribution is 2.31. The van der Waals surface area contributed by atoms with E-state index in [2.05, 4.69) is 52.8 Å². The lowest BCUT2D eigenvalue weighted by molar-refractivity contribution is 0.990. The van der Waals surface area contributed by atoms with Crippen LogP contribution in [0.15, 0.2) is 58.9 Å². The summed E-state index contributed by atoms with van der Waals surface area (Å²) in [6.07, 6.45) is 0.697. The summed E-state index contributed by atoms with van der Waals surface area (Å²) in [5.74, 6) is 0. The van der Waals surface area contributed by atoms with Crippen molar-refractivity contribution in [2.24, 2.45) is 0 Å². The van der Waals surface area contributed by atoms with Crippen molar-refractivity contribution >= 4 is 33.9 Å². The number of benzene rings is 2. The van der Waals surface area contributed by atoms with Crippen LogP contribution in [-0.2, 0) is 6.42 Å². The molecule has 3 rings (SSSR count). The minimum atomic E-state index is -0.176. The molecule has 1 atom stereocenters. The van der Waals surface area contributed by atoms with Gasteiger partial charge in [-0.2, -0.15) is 5.26 Å². The zero-order valence-electron chi connectivity index (χ0n) is 13.1. The molecule has 0 amide bonds. The molecule has 0 radical (unpaired) electrons. The fourth-order valence-corrected chi connectivity index (χ4v) is 4.06. The summed E-state index contributed by atoms with van der Waals surface area (Å²) < 4.78 is 0.798. The minimum Gasteiger partial charge on any atom is -0.330 e. The number of aryl methyl sites for hydroxylation is 1. The summed E-state index contributed by atoms with van der Waals surface area (Å²) in [7, 11) is 0. The number of thioether (sulfide) groups is 1. The van der Waals surface area contributed by atoms with Crippen LogP contribution in [0.1, 0.15) is 11.1 Å². The molecule has 6 heteroatoms. The second-order valence-electron chi connectivity index (χ2n) is 5.29. The van der Waals surface area contributed by atoms with E-state index in [1.54, 1.807) is 0 Å². The predicted octanol–water partition coefficient (Wildman–Crippen LogP) is 4.82. The Hall–Kier alpha value is -2.36. The van der Waals surface area contributed by atoms with Crippen LogP contribution in [0.2, 0.25) is 0 Å². The Balaban J connectivity index is 1.62. The minimum absolute atomic E-state index is 0.176. The molecule has 1 N–H and O–H groups in total. The fraction of sp³-hybridized carbons (Fsp3) is 0.167. The molecule has 1 aromatic heterocycles. The van der Waals surface area contributed by atoms with E-state index >= 15 is 0 Å². The number of hydrogen-bond donors (Lipinski definition) is 1. The Labute approximate surface area is 149 Å². The largest absolute Gasteiger partial charge is 0.330 e. The Kier molecular flexibility index (Phi) is 5.47. The lowest BCUT2D eigenvalue weighted by Gasteiger charge is -2.06. The van der Waals surface area contributed by atoms with Crippen molar-refractivity contribution in [2.75, 3.05) is 5.32 Å². The third-order valence-electron chi connectivity index (χ3n) is 3.36. The van der Waals surface area contributed by atoms with Gasteiger partial charge in [0.05, 0.1) is 6.07 Å². The first-order valence-corrected chi connectivity index (χ1v) is 9.20. The molecule has 0 saturated carbocycles. The lowest BCUT2D eigenvalue weighted by atomic mass is 10.1. The zero-order valence-corrected chi connectivity index (χ0v) is 14.8. The number of para-hydroxylation sites is 1. The van der Waals surface area contributed by atoms with Gasteiger partial charge in [0.25, 0.3) is 0 Å². The Bertz CT molecular complexity index is 822. The number of nitriles is 1. The van der Waals surface area contributed by atoms with E-state index in [9.17, 15) is 5.26 Å². The number of hydrogen-bond acceptors (Lipinski definition) is 6. The first kappa shape index (κ1) is 16.5. The molecular weight excluding hydrogens is 336 g/mol. The van der Waals surface area contributed by atoms with Crippen molar-refractivity contribution in [2.45, 2.75) is 22.9 Å². The van der Waals surface area contributed by atoms with Gasteiger partial charge in [-0.3, -0.25) is 0 Å². The molecule has 0 spiro atoms. The number of nitrogens with one attached hydrogen (secondary N) is 1.